The zero-order valence-electron chi connectivity index (χ0n) is 13.0. The maximum absolute atomic E-state index is 4.16. The van der Waals surface area contributed by atoms with Crippen molar-refractivity contribution in [1.82, 2.24) is 15.5 Å². The molecule has 0 aromatic rings. The lowest BCUT2D eigenvalue weighted by atomic mass is 10.0. The van der Waals surface area contributed by atoms with Crippen molar-refractivity contribution < 1.29 is 0 Å². The van der Waals surface area contributed by atoms with Crippen molar-refractivity contribution in [1.29, 1.82) is 0 Å². The highest BCUT2D eigenvalue weighted by molar-refractivity contribution is 14.0. The van der Waals surface area contributed by atoms with Crippen molar-refractivity contribution in [2.75, 3.05) is 33.2 Å². The van der Waals surface area contributed by atoms with Crippen LogP contribution in [0.25, 0.3) is 0 Å². The lowest BCUT2D eigenvalue weighted by Gasteiger charge is -2.33. The standard InChI is InChI=1S/C15H30N4.HI/c1-4-10-17-15(16-3)18-11-6-8-13-19-12-7-5-9-14(19)2;/h4,14H,1,5-13H2,2-3H3,(H2,16,17,18);1H. The Morgan fingerprint density at radius 1 is 1.35 bits per heavy atom. The molecular weight excluding hydrogens is 363 g/mol. The van der Waals surface area contributed by atoms with E-state index >= 15 is 0 Å². The van der Waals surface area contributed by atoms with E-state index in [1.165, 1.54) is 45.2 Å². The first-order valence-corrected chi connectivity index (χ1v) is 7.57. The largest absolute Gasteiger partial charge is 0.356 e. The van der Waals surface area contributed by atoms with Gasteiger partial charge in [0.25, 0.3) is 0 Å². The van der Waals surface area contributed by atoms with Gasteiger partial charge in [0.2, 0.25) is 0 Å². The number of hydrogen-bond donors (Lipinski definition) is 2. The summed E-state index contributed by atoms with van der Waals surface area (Å²) in [5.74, 6) is 0.867. The van der Waals surface area contributed by atoms with Gasteiger partial charge in [-0.1, -0.05) is 12.5 Å². The lowest BCUT2D eigenvalue weighted by molar-refractivity contribution is 0.158. The predicted molar refractivity (Wildman–Crippen MR) is 99.1 cm³/mol. The minimum atomic E-state index is 0. The Kier molecular flexibility index (Phi) is 12.3. The summed E-state index contributed by atoms with van der Waals surface area (Å²) in [5.41, 5.74) is 0. The molecule has 1 saturated heterocycles. The van der Waals surface area contributed by atoms with E-state index in [0.717, 1.165) is 25.1 Å². The van der Waals surface area contributed by atoms with Crippen LogP contribution in [0.3, 0.4) is 0 Å². The van der Waals surface area contributed by atoms with Crippen LogP contribution in [0.1, 0.15) is 39.0 Å². The molecule has 1 heterocycles. The summed E-state index contributed by atoms with van der Waals surface area (Å²) >= 11 is 0. The second-order valence-corrected chi connectivity index (χ2v) is 5.26. The smallest absolute Gasteiger partial charge is 0.191 e. The molecule has 1 fully saturated rings. The van der Waals surface area contributed by atoms with Gasteiger partial charge < -0.3 is 15.5 Å². The molecule has 0 bridgehead atoms. The predicted octanol–water partition coefficient (Wildman–Crippen LogP) is 2.61. The Morgan fingerprint density at radius 3 is 2.80 bits per heavy atom. The van der Waals surface area contributed by atoms with Gasteiger partial charge in [0, 0.05) is 26.2 Å². The van der Waals surface area contributed by atoms with Crippen LogP contribution in [-0.4, -0.2) is 50.1 Å². The third-order valence-electron chi connectivity index (χ3n) is 3.74. The second-order valence-electron chi connectivity index (χ2n) is 5.26. The molecule has 0 aromatic heterocycles. The van der Waals surface area contributed by atoms with E-state index in [-0.39, 0.29) is 24.0 Å². The maximum atomic E-state index is 4.16. The van der Waals surface area contributed by atoms with Gasteiger partial charge in [0.05, 0.1) is 0 Å². The van der Waals surface area contributed by atoms with Crippen LogP contribution in [0.2, 0.25) is 0 Å². The summed E-state index contributed by atoms with van der Waals surface area (Å²) in [6.07, 6.45) is 8.44. The molecule has 0 saturated carbocycles. The van der Waals surface area contributed by atoms with Crippen LogP contribution in [0, 0.1) is 0 Å². The number of piperidine rings is 1. The number of unbranched alkanes of at least 4 members (excludes halogenated alkanes) is 1. The molecule has 0 amide bonds. The maximum Gasteiger partial charge on any atom is 0.191 e. The third-order valence-corrected chi connectivity index (χ3v) is 3.74. The molecule has 1 aliphatic rings. The summed E-state index contributed by atoms with van der Waals surface area (Å²) in [6.45, 7) is 10.3. The van der Waals surface area contributed by atoms with Crippen LogP contribution in [0.4, 0.5) is 0 Å². The molecule has 2 N–H and O–H groups in total. The molecule has 0 aliphatic carbocycles. The second kappa shape index (κ2) is 12.4. The Balaban J connectivity index is 0.00000361. The number of nitrogens with zero attached hydrogens (tertiary/aromatic N) is 2. The highest BCUT2D eigenvalue weighted by Crippen LogP contribution is 2.16. The molecule has 1 rings (SSSR count). The van der Waals surface area contributed by atoms with E-state index in [4.69, 9.17) is 0 Å². The van der Waals surface area contributed by atoms with Crippen LogP contribution < -0.4 is 10.6 Å². The molecule has 1 atom stereocenters. The van der Waals surface area contributed by atoms with Crippen LogP contribution >= 0.6 is 24.0 Å². The number of guanidine groups is 1. The number of rotatable bonds is 7. The van der Waals surface area contributed by atoms with Crippen molar-refractivity contribution in [3.63, 3.8) is 0 Å². The van der Waals surface area contributed by atoms with Crippen molar-refractivity contribution in [3.05, 3.63) is 12.7 Å². The van der Waals surface area contributed by atoms with Gasteiger partial charge in [0.15, 0.2) is 5.96 Å². The Morgan fingerprint density at radius 2 is 2.15 bits per heavy atom. The first kappa shape index (κ1) is 19.7. The quantitative estimate of drug-likeness (QED) is 0.229. The minimum Gasteiger partial charge on any atom is -0.356 e. The fraction of sp³-hybridized carbons (Fsp3) is 0.800. The molecule has 0 aromatic carbocycles. The van der Waals surface area contributed by atoms with Gasteiger partial charge in [-0.2, -0.15) is 0 Å². The number of nitrogens with one attached hydrogen (secondary N) is 2. The Hall–Kier alpha value is -0.300. The molecule has 1 aliphatic heterocycles. The van der Waals surface area contributed by atoms with Gasteiger partial charge in [-0.3, -0.25) is 4.99 Å². The van der Waals surface area contributed by atoms with E-state index in [0.29, 0.717) is 0 Å². The van der Waals surface area contributed by atoms with Gasteiger partial charge >= 0.3 is 0 Å². The molecule has 0 spiro atoms. The zero-order chi connectivity index (χ0) is 13.9. The summed E-state index contributed by atoms with van der Waals surface area (Å²) < 4.78 is 0. The van der Waals surface area contributed by atoms with Gasteiger partial charge in [-0.05, 0) is 45.7 Å². The molecular formula is C15H31IN4. The van der Waals surface area contributed by atoms with Gasteiger partial charge in [-0.25, -0.2) is 0 Å². The summed E-state index contributed by atoms with van der Waals surface area (Å²) in [7, 11) is 1.80. The minimum absolute atomic E-state index is 0. The monoisotopic (exact) mass is 394 g/mol. The average Bonchev–Trinajstić information content (AvgIpc) is 2.43. The third kappa shape index (κ3) is 8.09. The van der Waals surface area contributed by atoms with E-state index in [1.807, 2.05) is 6.08 Å². The Bertz CT molecular complexity index is 281. The van der Waals surface area contributed by atoms with Crippen LogP contribution in [0.5, 0.6) is 0 Å². The van der Waals surface area contributed by atoms with Gasteiger partial charge in [0.1, 0.15) is 0 Å². The van der Waals surface area contributed by atoms with Crippen LogP contribution in [-0.2, 0) is 0 Å². The fourth-order valence-corrected chi connectivity index (χ4v) is 2.53. The van der Waals surface area contributed by atoms with E-state index in [1.54, 1.807) is 7.05 Å². The van der Waals surface area contributed by atoms with Crippen molar-refractivity contribution in [3.8, 4) is 0 Å². The molecule has 0 radical (unpaired) electrons. The summed E-state index contributed by atoms with van der Waals surface area (Å²) in [6, 6.07) is 0.781. The summed E-state index contributed by atoms with van der Waals surface area (Å²) in [5, 5.41) is 6.50. The molecule has 20 heavy (non-hydrogen) atoms. The van der Waals surface area contributed by atoms with Crippen molar-refractivity contribution in [2.24, 2.45) is 4.99 Å². The van der Waals surface area contributed by atoms with E-state index in [2.05, 4.69) is 34.0 Å². The first-order chi connectivity index (χ1) is 9.27. The van der Waals surface area contributed by atoms with E-state index < -0.39 is 0 Å². The SMILES string of the molecule is C=CCNC(=NC)NCCCCN1CCCCC1C.I. The van der Waals surface area contributed by atoms with Crippen LogP contribution in [0.15, 0.2) is 17.6 Å². The number of aliphatic imine (C=N–C) groups is 1. The number of likely N-dealkylation sites (tertiary alicyclic amines) is 1. The number of halogens is 1. The molecule has 5 heteroatoms. The average molecular weight is 394 g/mol. The zero-order valence-corrected chi connectivity index (χ0v) is 15.4. The van der Waals surface area contributed by atoms with E-state index in [9.17, 15) is 0 Å². The molecule has 118 valence electrons. The highest BCUT2D eigenvalue weighted by Gasteiger charge is 2.16. The first-order valence-electron chi connectivity index (χ1n) is 7.57. The topological polar surface area (TPSA) is 39.7 Å². The Labute approximate surface area is 141 Å². The highest BCUT2D eigenvalue weighted by atomic mass is 127. The molecule has 4 nitrogen and oxygen atoms in total. The van der Waals surface area contributed by atoms with Crippen molar-refractivity contribution >= 4 is 29.9 Å². The fourth-order valence-electron chi connectivity index (χ4n) is 2.53. The van der Waals surface area contributed by atoms with Gasteiger partial charge in [-0.15, -0.1) is 30.6 Å². The van der Waals surface area contributed by atoms with Crippen molar-refractivity contribution in [2.45, 2.75) is 45.1 Å². The normalized spacial score (nSPS) is 20.1. The summed E-state index contributed by atoms with van der Waals surface area (Å²) in [4.78, 5) is 6.79. The molecule has 1 unspecified atom stereocenters. The number of hydrogen-bond acceptors (Lipinski definition) is 2. The lowest BCUT2D eigenvalue weighted by Crippen LogP contribution is -2.39.